The summed E-state index contributed by atoms with van der Waals surface area (Å²) in [5.41, 5.74) is 0.626. The van der Waals surface area contributed by atoms with Gasteiger partial charge in [0.25, 0.3) is 0 Å². The first-order chi connectivity index (χ1) is 7.65. The maximum Gasteiger partial charge on any atom is 0.326 e. The van der Waals surface area contributed by atoms with Gasteiger partial charge >= 0.3 is 5.97 Å². The van der Waals surface area contributed by atoms with E-state index in [2.05, 4.69) is 21.2 Å². The Balaban J connectivity index is 2.28. The molecule has 1 N–H and O–H groups in total. The number of hydrogen-bond donors (Lipinski definition) is 1. The average Bonchev–Trinajstić information content (AvgIpc) is 3.04. The topological polar surface area (TPSA) is 38.3 Å². The number of methoxy groups -OCH3 is 1. The summed E-state index contributed by atoms with van der Waals surface area (Å²) in [5, 5.41) is 3.08. The summed E-state index contributed by atoms with van der Waals surface area (Å²) in [5.74, 6) is 0.0104. The molecule has 1 aromatic carbocycles. The number of esters is 1. The molecule has 0 bridgehead atoms. The van der Waals surface area contributed by atoms with Gasteiger partial charge in [-0.25, -0.2) is 0 Å². The molecule has 0 heterocycles. The van der Waals surface area contributed by atoms with Gasteiger partial charge in [0, 0.05) is 10.4 Å². The monoisotopic (exact) mass is 283 g/mol. The van der Waals surface area contributed by atoms with E-state index in [1.807, 2.05) is 24.3 Å². The lowest BCUT2D eigenvalue weighted by molar-refractivity contribution is -0.144. The van der Waals surface area contributed by atoms with Gasteiger partial charge in [0.1, 0.15) is 5.54 Å². The maximum absolute atomic E-state index is 11.7. The Bertz CT molecular complexity index is 421. The normalized spacial score (nSPS) is 27.6. The van der Waals surface area contributed by atoms with Crippen LogP contribution >= 0.6 is 15.9 Å². The van der Waals surface area contributed by atoms with Crippen LogP contribution in [-0.4, -0.2) is 25.7 Å². The largest absolute Gasteiger partial charge is 0.468 e. The fourth-order valence-corrected chi connectivity index (χ4v) is 2.74. The standard InChI is InChI=1S/C12H14BrNO2/c1-14-12(11(15)16-2)7-9(12)8-5-3-4-6-10(8)13/h3-6,9,14H,7H2,1-2H3. The van der Waals surface area contributed by atoms with Crippen molar-refractivity contribution in [2.24, 2.45) is 0 Å². The number of benzene rings is 1. The highest BCUT2D eigenvalue weighted by Gasteiger charge is 2.61. The predicted octanol–water partition coefficient (Wildman–Crippen LogP) is 2.07. The van der Waals surface area contributed by atoms with Crippen molar-refractivity contribution in [2.45, 2.75) is 17.9 Å². The lowest BCUT2D eigenvalue weighted by atomic mass is 10.1. The SMILES string of the molecule is CNC1(C(=O)OC)CC1c1ccccc1Br. The average molecular weight is 284 g/mol. The summed E-state index contributed by atoms with van der Waals surface area (Å²) in [4.78, 5) is 11.7. The number of carbonyl (C=O) groups is 1. The van der Waals surface area contributed by atoms with Gasteiger partial charge in [-0.05, 0) is 25.1 Å². The minimum absolute atomic E-state index is 0.184. The Kier molecular flexibility index (Phi) is 3.04. The molecule has 1 fully saturated rings. The van der Waals surface area contributed by atoms with Crippen molar-refractivity contribution in [1.82, 2.24) is 5.32 Å². The number of nitrogens with one attached hydrogen (secondary N) is 1. The Labute approximate surface area is 103 Å². The first kappa shape index (κ1) is 11.6. The van der Waals surface area contributed by atoms with Crippen molar-refractivity contribution in [3.8, 4) is 0 Å². The van der Waals surface area contributed by atoms with Gasteiger partial charge in [-0.1, -0.05) is 34.1 Å². The molecule has 0 saturated heterocycles. The molecule has 2 unspecified atom stereocenters. The summed E-state index contributed by atoms with van der Waals surface area (Å²) < 4.78 is 5.89. The Morgan fingerprint density at radius 1 is 1.56 bits per heavy atom. The molecule has 2 rings (SSSR count). The first-order valence-electron chi connectivity index (χ1n) is 5.17. The van der Waals surface area contributed by atoms with Crippen molar-refractivity contribution < 1.29 is 9.53 Å². The van der Waals surface area contributed by atoms with E-state index in [0.717, 1.165) is 16.5 Å². The van der Waals surface area contributed by atoms with Gasteiger partial charge < -0.3 is 10.1 Å². The van der Waals surface area contributed by atoms with Crippen LogP contribution in [0.2, 0.25) is 0 Å². The molecule has 0 radical (unpaired) electrons. The van der Waals surface area contributed by atoms with Gasteiger partial charge in [-0.3, -0.25) is 4.79 Å². The molecule has 1 aliphatic carbocycles. The quantitative estimate of drug-likeness (QED) is 0.863. The van der Waals surface area contributed by atoms with Crippen LogP contribution in [0.15, 0.2) is 28.7 Å². The zero-order valence-electron chi connectivity index (χ0n) is 9.29. The van der Waals surface area contributed by atoms with E-state index in [1.54, 1.807) is 7.05 Å². The van der Waals surface area contributed by atoms with E-state index in [1.165, 1.54) is 7.11 Å². The summed E-state index contributed by atoms with van der Waals surface area (Å²) in [6.45, 7) is 0. The van der Waals surface area contributed by atoms with Crippen molar-refractivity contribution in [3.05, 3.63) is 34.3 Å². The molecule has 2 atom stereocenters. The van der Waals surface area contributed by atoms with Crippen LogP contribution in [0, 0.1) is 0 Å². The van der Waals surface area contributed by atoms with Crippen molar-refractivity contribution in [2.75, 3.05) is 14.2 Å². The molecule has 1 aliphatic rings. The highest BCUT2D eigenvalue weighted by atomic mass is 79.9. The van der Waals surface area contributed by atoms with E-state index >= 15 is 0 Å². The minimum Gasteiger partial charge on any atom is -0.468 e. The summed E-state index contributed by atoms with van der Waals surface area (Å²) in [6.07, 6.45) is 0.790. The highest BCUT2D eigenvalue weighted by Crippen LogP contribution is 2.53. The van der Waals surface area contributed by atoms with E-state index in [0.29, 0.717) is 0 Å². The third-order valence-electron chi connectivity index (χ3n) is 3.24. The number of rotatable bonds is 3. The van der Waals surface area contributed by atoms with Crippen LogP contribution in [0.1, 0.15) is 17.9 Å². The molecule has 1 aromatic rings. The van der Waals surface area contributed by atoms with Crippen LogP contribution in [-0.2, 0) is 9.53 Å². The summed E-state index contributed by atoms with van der Waals surface area (Å²) in [6, 6.07) is 7.98. The van der Waals surface area contributed by atoms with Gasteiger partial charge in [-0.2, -0.15) is 0 Å². The molecule has 0 aliphatic heterocycles. The number of likely N-dealkylation sites (N-methyl/N-ethyl adjacent to an activating group) is 1. The molecule has 0 aromatic heterocycles. The molecule has 0 amide bonds. The first-order valence-corrected chi connectivity index (χ1v) is 5.96. The van der Waals surface area contributed by atoms with Crippen LogP contribution in [0.3, 0.4) is 0 Å². The lowest BCUT2D eigenvalue weighted by Gasteiger charge is -2.14. The second-order valence-corrected chi connectivity index (χ2v) is 4.85. The summed E-state index contributed by atoms with van der Waals surface area (Å²) in [7, 11) is 3.23. The second-order valence-electron chi connectivity index (χ2n) is 3.99. The molecule has 4 heteroatoms. The fourth-order valence-electron chi connectivity index (χ4n) is 2.18. The zero-order valence-corrected chi connectivity index (χ0v) is 10.9. The maximum atomic E-state index is 11.7. The van der Waals surface area contributed by atoms with Crippen LogP contribution in [0.25, 0.3) is 0 Å². The van der Waals surface area contributed by atoms with Crippen LogP contribution in [0.4, 0.5) is 0 Å². The van der Waals surface area contributed by atoms with E-state index in [-0.39, 0.29) is 11.9 Å². The van der Waals surface area contributed by atoms with Crippen molar-refractivity contribution in [3.63, 3.8) is 0 Å². The lowest BCUT2D eigenvalue weighted by Crippen LogP contribution is -2.39. The predicted molar refractivity (Wildman–Crippen MR) is 65.3 cm³/mol. The number of hydrogen-bond acceptors (Lipinski definition) is 3. The van der Waals surface area contributed by atoms with Crippen molar-refractivity contribution in [1.29, 1.82) is 0 Å². The highest BCUT2D eigenvalue weighted by molar-refractivity contribution is 9.10. The minimum atomic E-state index is -0.529. The number of carbonyl (C=O) groups excluding carboxylic acids is 1. The van der Waals surface area contributed by atoms with E-state index in [9.17, 15) is 4.79 Å². The third-order valence-corrected chi connectivity index (χ3v) is 3.96. The molecule has 1 saturated carbocycles. The molecule has 16 heavy (non-hydrogen) atoms. The molecular formula is C12H14BrNO2. The molecule has 0 spiro atoms. The van der Waals surface area contributed by atoms with Gasteiger partial charge in [0.15, 0.2) is 0 Å². The smallest absolute Gasteiger partial charge is 0.326 e. The Hall–Kier alpha value is -0.870. The van der Waals surface area contributed by atoms with Gasteiger partial charge in [0.2, 0.25) is 0 Å². The van der Waals surface area contributed by atoms with Crippen molar-refractivity contribution >= 4 is 21.9 Å². The summed E-state index contributed by atoms with van der Waals surface area (Å²) >= 11 is 3.51. The van der Waals surface area contributed by atoms with E-state index in [4.69, 9.17) is 4.74 Å². The Morgan fingerprint density at radius 3 is 2.81 bits per heavy atom. The van der Waals surface area contributed by atoms with Crippen LogP contribution < -0.4 is 5.32 Å². The third kappa shape index (κ3) is 1.66. The van der Waals surface area contributed by atoms with E-state index < -0.39 is 5.54 Å². The molecular weight excluding hydrogens is 270 g/mol. The van der Waals surface area contributed by atoms with Gasteiger partial charge in [-0.15, -0.1) is 0 Å². The zero-order chi connectivity index (χ0) is 11.8. The second kappa shape index (κ2) is 4.18. The molecule has 3 nitrogen and oxygen atoms in total. The Morgan fingerprint density at radius 2 is 2.25 bits per heavy atom. The number of ether oxygens (including phenoxy) is 1. The molecule has 86 valence electrons. The van der Waals surface area contributed by atoms with Gasteiger partial charge in [0.05, 0.1) is 7.11 Å². The number of halogens is 1. The fraction of sp³-hybridized carbons (Fsp3) is 0.417. The van der Waals surface area contributed by atoms with Crippen LogP contribution in [0.5, 0.6) is 0 Å².